The minimum absolute atomic E-state index is 0.0985. The van der Waals surface area contributed by atoms with Crippen LogP contribution >= 0.6 is 11.8 Å². The van der Waals surface area contributed by atoms with Crippen LogP contribution in [0.4, 0.5) is 5.82 Å². The van der Waals surface area contributed by atoms with E-state index in [4.69, 9.17) is 0 Å². The summed E-state index contributed by atoms with van der Waals surface area (Å²) in [5, 5.41) is 3.61. The van der Waals surface area contributed by atoms with Crippen molar-refractivity contribution in [3.63, 3.8) is 0 Å². The summed E-state index contributed by atoms with van der Waals surface area (Å²) in [6.45, 7) is 6.07. The molecule has 0 aliphatic heterocycles. The topological polar surface area (TPSA) is 59.8 Å². The molecule has 0 saturated carbocycles. The van der Waals surface area contributed by atoms with Crippen LogP contribution in [-0.4, -0.2) is 26.2 Å². The van der Waals surface area contributed by atoms with E-state index in [9.17, 15) is 4.79 Å². The van der Waals surface area contributed by atoms with Crippen molar-refractivity contribution in [3.05, 3.63) is 65.6 Å². The van der Waals surface area contributed by atoms with Crippen molar-refractivity contribution in [2.45, 2.75) is 25.9 Å². The van der Waals surface area contributed by atoms with Crippen molar-refractivity contribution < 1.29 is 4.79 Å². The zero-order chi connectivity index (χ0) is 17.8. The Bertz CT molecular complexity index is 904. The van der Waals surface area contributed by atoms with Gasteiger partial charge in [0.05, 0.1) is 11.4 Å². The average molecular weight is 352 g/mol. The highest BCUT2D eigenvalue weighted by atomic mass is 32.2. The van der Waals surface area contributed by atoms with Crippen molar-refractivity contribution in [2.75, 3.05) is 11.1 Å². The molecule has 2 heterocycles. The molecule has 128 valence electrons. The lowest BCUT2D eigenvalue weighted by molar-refractivity contribution is -0.113. The van der Waals surface area contributed by atoms with Crippen LogP contribution in [0, 0.1) is 20.8 Å². The number of benzene rings is 1. The Morgan fingerprint density at radius 3 is 2.76 bits per heavy atom. The molecule has 25 heavy (non-hydrogen) atoms. The molecule has 3 rings (SSSR count). The summed E-state index contributed by atoms with van der Waals surface area (Å²) in [5.41, 5.74) is 4.39. The third-order valence-electron chi connectivity index (χ3n) is 3.93. The third-order valence-corrected chi connectivity index (χ3v) is 4.90. The van der Waals surface area contributed by atoms with Gasteiger partial charge in [-0.25, -0.2) is 9.97 Å². The zero-order valence-electron chi connectivity index (χ0n) is 14.5. The van der Waals surface area contributed by atoms with Crippen LogP contribution in [0.15, 0.2) is 53.9 Å². The monoisotopic (exact) mass is 352 g/mol. The third kappa shape index (κ3) is 4.09. The lowest BCUT2D eigenvalue weighted by Gasteiger charge is -2.12. The lowest BCUT2D eigenvalue weighted by Crippen LogP contribution is -2.15. The minimum atomic E-state index is -0.0985. The van der Waals surface area contributed by atoms with Gasteiger partial charge >= 0.3 is 0 Å². The minimum Gasteiger partial charge on any atom is -0.310 e. The molecule has 3 aromatic rings. The fraction of sp³-hybridized carbons (Fsp3) is 0.211. The molecule has 0 radical (unpaired) electrons. The number of aromatic nitrogens is 3. The van der Waals surface area contributed by atoms with Crippen LogP contribution in [0.2, 0.25) is 0 Å². The van der Waals surface area contributed by atoms with E-state index in [1.165, 1.54) is 22.9 Å². The molecule has 0 saturated heterocycles. The van der Waals surface area contributed by atoms with E-state index in [0.29, 0.717) is 5.82 Å². The molecule has 0 bridgehead atoms. The molecule has 1 aromatic carbocycles. The Morgan fingerprint density at radius 1 is 1.16 bits per heavy atom. The first-order valence-corrected chi connectivity index (χ1v) is 8.99. The molecule has 2 aromatic heterocycles. The van der Waals surface area contributed by atoms with Gasteiger partial charge in [-0.05, 0) is 50.1 Å². The van der Waals surface area contributed by atoms with Crippen molar-refractivity contribution in [2.24, 2.45) is 0 Å². The SMILES string of the molecule is Cc1cccc(NC(=O)CSc2nccn2-c2cccc(C)c2C)n1. The second kappa shape index (κ2) is 7.53. The van der Waals surface area contributed by atoms with Crippen LogP contribution in [0.25, 0.3) is 5.69 Å². The van der Waals surface area contributed by atoms with Crippen LogP contribution in [0.1, 0.15) is 16.8 Å². The number of hydrogen-bond acceptors (Lipinski definition) is 4. The maximum Gasteiger partial charge on any atom is 0.236 e. The second-order valence-electron chi connectivity index (χ2n) is 5.80. The fourth-order valence-corrected chi connectivity index (χ4v) is 3.26. The molecular weight excluding hydrogens is 332 g/mol. The van der Waals surface area contributed by atoms with Gasteiger partial charge in [0.2, 0.25) is 5.91 Å². The van der Waals surface area contributed by atoms with E-state index in [1.54, 1.807) is 12.3 Å². The van der Waals surface area contributed by atoms with Gasteiger partial charge in [-0.2, -0.15) is 0 Å². The molecule has 0 aliphatic carbocycles. The molecule has 0 fully saturated rings. The van der Waals surface area contributed by atoms with Gasteiger partial charge in [0.1, 0.15) is 5.82 Å². The Labute approximate surface area is 151 Å². The highest BCUT2D eigenvalue weighted by molar-refractivity contribution is 7.99. The number of carbonyl (C=O) groups is 1. The van der Waals surface area contributed by atoms with Crippen LogP contribution in [-0.2, 0) is 4.79 Å². The molecule has 1 amide bonds. The van der Waals surface area contributed by atoms with E-state index < -0.39 is 0 Å². The van der Waals surface area contributed by atoms with Crippen LogP contribution < -0.4 is 5.32 Å². The van der Waals surface area contributed by atoms with E-state index in [1.807, 2.05) is 35.9 Å². The number of nitrogens with one attached hydrogen (secondary N) is 1. The normalized spacial score (nSPS) is 10.7. The number of aryl methyl sites for hydroxylation is 2. The Hall–Kier alpha value is -2.60. The lowest BCUT2D eigenvalue weighted by atomic mass is 10.1. The summed E-state index contributed by atoms with van der Waals surface area (Å²) in [5.74, 6) is 0.749. The largest absolute Gasteiger partial charge is 0.310 e. The van der Waals surface area contributed by atoms with Gasteiger partial charge in [0.15, 0.2) is 5.16 Å². The zero-order valence-corrected chi connectivity index (χ0v) is 15.3. The standard InChI is InChI=1S/C19H20N4OS/c1-13-6-4-8-16(15(13)3)23-11-10-20-19(23)25-12-18(24)22-17-9-5-7-14(2)21-17/h4-11H,12H2,1-3H3,(H,21,22,24). The summed E-state index contributed by atoms with van der Waals surface area (Å²) in [6, 6.07) is 11.7. The highest BCUT2D eigenvalue weighted by Crippen LogP contribution is 2.24. The summed E-state index contributed by atoms with van der Waals surface area (Å²) in [6.07, 6.45) is 3.67. The van der Waals surface area contributed by atoms with Gasteiger partial charge in [0, 0.05) is 18.1 Å². The Morgan fingerprint density at radius 2 is 1.96 bits per heavy atom. The summed E-state index contributed by atoms with van der Waals surface area (Å²) < 4.78 is 2.02. The molecule has 0 aliphatic rings. The Balaban J connectivity index is 1.69. The maximum atomic E-state index is 12.2. The fourth-order valence-electron chi connectivity index (χ4n) is 2.50. The predicted octanol–water partition coefficient (Wildman–Crippen LogP) is 3.92. The molecule has 1 N–H and O–H groups in total. The molecule has 6 heteroatoms. The van der Waals surface area contributed by atoms with Crippen molar-refractivity contribution in [1.82, 2.24) is 14.5 Å². The highest BCUT2D eigenvalue weighted by Gasteiger charge is 2.11. The first-order chi connectivity index (χ1) is 12.0. The first kappa shape index (κ1) is 17.2. The Kier molecular flexibility index (Phi) is 5.19. The molecule has 5 nitrogen and oxygen atoms in total. The average Bonchev–Trinajstić information content (AvgIpc) is 3.04. The van der Waals surface area contributed by atoms with Gasteiger partial charge in [0.25, 0.3) is 0 Å². The number of carbonyl (C=O) groups excluding carboxylic acids is 1. The first-order valence-electron chi connectivity index (χ1n) is 8.01. The maximum absolute atomic E-state index is 12.2. The number of imidazole rings is 1. The smallest absolute Gasteiger partial charge is 0.236 e. The van der Waals surface area contributed by atoms with Gasteiger partial charge in [-0.15, -0.1) is 0 Å². The number of rotatable bonds is 5. The summed E-state index contributed by atoms with van der Waals surface area (Å²) in [7, 11) is 0. The number of amides is 1. The van der Waals surface area contributed by atoms with E-state index in [2.05, 4.69) is 41.3 Å². The van der Waals surface area contributed by atoms with Crippen LogP contribution in [0.5, 0.6) is 0 Å². The summed E-state index contributed by atoms with van der Waals surface area (Å²) in [4.78, 5) is 20.8. The van der Waals surface area contributed by atoms with Gasteiger partial charge in [-0.3, -0.25) is 9.36 Å². The number of thioether (sulfide) groups is 1. The molecule has 0 atom stereocenters. The number of pyridine rings is 1. The number of anilines is 1. The molecule has 0 spiro atoms. The van der Waals surface area contributed by atoms with E-state index in [-0.39, 0.29) is 11.7 Å². The van der Waals surface area contributed by atoms with E-state index in [0.717, 1.165) is 16.5 Å². The van der Waals surface area contributed by atoms with E-state index >= 15 is 0 Å². The number of nitrogens with zero attached hydrogens (tertiary/aromatic N) is 3. The van der Waals surface area contributed by atoms with Crippen molar-refractivity contribution >= 4 is 23.5 Å². The quantitative estimate of drug-likeness (QED) is 0.707. The number of hydrogen-bond donors (Lipinski definition) is 1. The molecule has 0 unspecified atom stereocenters. The second-order valence-corrected chi connectivity index (χ2v) is 6.74. The van der Waals surface area contributed by atoms with Gasteiger partial charge in [-0.1, -0.05) is 30.0 Å². The van der Waals surface area contributed by atoms with Crippen molar-refractivity contribution in [3.8, 4) is 5.69 Å². The molecular formula is C19H20N4OS. The summed E-state index contributed by atoms with van der Waals surface area (Å²) >= 11 is 1.41. The van der Waals surface area contributed by atoms with Gasteiger partial charge < -0.3 is 5.32 Å². The predicted molar refractivity (Wildman–Crippen MR) is 101 cm³/mol. The van der Waals surface area contributed by atoms with Crippen LogP contribution in [0.3, 0.4) is 0 Å². The van der Waals surface area contributed by atoms with Crippen molar-refractivity contribution in [1.29, 1.82) is 0 Å².